The quantitative estimate of drug-likeness (QED) is 0.303. The molecule has 6 rings (SSSR count). The molecule has 0 spiro atoms. The number of nitrogens with zero attached hydrogens (tertiary/aromatic N) is 4. The van der Waals surface area contributed by atoms with E-state index in [0.29, 0.717) is 18.1 Å². The topological polar surface area (TPSA) is 72.3 Å². The van der Waals surface area contributed by atoms with E-state index < -0.39 is 5.60 Å². The van der Waals surface area contributed by atoms with Gasteiger partial charge in [-0.15, -0.1) is 0 Å². The smallest absolute Gasteiger partial charge is 0.408 e. The summed E-state index contributed by atoms with van der Waals surface area (Å²) in [6.45, 7) is 8.76. The van der Waals surface area contributed by atoms with Gasteiger partial charge in [-0.2, -0.15) is 0 Å². The number of aryl methyl sites for hydroxylation is 1. The summed E-state index contributed by atoms with van der Waals surface area (Å²) in [4.78, 5) is 25.1. The molecule has 2 fully saturated rings. The molecule has 4 atom stereocenters. The minimum absolute atomic E-state index is 0.132. The van der Waals surface area contributed by atoms with E-state index in [9.17, 15) is 4.79 Å². The van der Waals surface area contributed by atoms with E-state index in [4.69, 9.17) is 9.72 Å². The molecule has 1 N–H and O–H groups in total. The zero-order valence-corrected chi connectivity index (χ0v) is 23.4. The summed E-state index contributed by atoms with van der Waals surface area (Å²) >= 11 is 0. The number of rotatable bonds is 6. The van der Waals surface area contributed by atoms with Crippen LogP contribution in [0.3, 0.4) is 0 Å². The number of ether oxygens (including phenoxy) is 1. The summed E-state index contributed by atoms with van der Waals surface area (Å²) in [5, 5.41) is 5.58. The van der Waals surface area contributed by atoms with E-state index in [0.717, 1.165) is 48.4 Å². The van der Waals surface area contributed by atoms with Crippen LogP contribution in [0.15, 0.2) is 60.8 Å². The number of piperidine rings is 1. The maximum Gasteiger partial charge on any atom is 0.408 e. The van der Waals surface area contributed by atoms with E-state index in [1.54, 1.807) is 0 Å². The number of hydrogen-bond donors (Lipinski definition) is 1. The number of alkyl carbamates (subject to hydrolysis) is 1. The van der Waals surface area contributed by atoms with Crippen LogP contribution in [-0.4, -0.2) is 49.8 Å². The molecule has 2 aromatic carbocycles. The van der Waals surface area contributed by atoms with Crippen LogP contribution in [-0.2, 0) is 4.74 Å². The van der Waals surface area contributed by atoms with Gasteiger partial charge in [0, 0.05) is 30.9 Å². The molecule has 1 unspecified atom stereocenters. The first-order valence-corrected chi connectivity index (χ1v) is 14.3. The number of pyridine rings is 1. The Balaban J connectivity index is 1.21. The number of amides is 1. The first-order valence-electron chi connectivity index (χ1n) is 14.3. The number of hydrogen-bond acceptors (Lipinski definition) is 5. The van der Waals surface area contributed by atoms with Gasteiger partial charge in [0.1, 0.15) is 16.9 Å². The maximum atomic E-state index is 12.9. The molecule has 7 heteroatoms. The van der Waals surface area contributed by atoms with Gasteiger partial charge < -0.3 is 14.6 Å². The van der Waals surface area contributed by atoms with Crippen molar-refractivity contribution in [1.82, 2.24) is 24.8 Å². The van der Waals surface area contributed by atoms with Crippen LogP contribution in [0.2, 0.25) is 0 Å². The highest BCUT2D eigenvalue weighted by atomic mass is 16.6. The minimum atomic E-state index is -0.543. The van der Waals surface area contributed by atoms with E-state index in [-0.39, 0.29) is 12.1 Å². The van der Waals surface area contributed by atoms with E-state index in [2.05, 4.69) is 75.2 Å². The third kappa shape index (κ3) is 5.24. The maximum absolute atomic E-state index is 12.9. The lowest BCUT2D eigenvalue weighted by Crippen LogP contribution is -2.45. The van der Waals surface area contributed by atoms with Crippen LogP contribution in [0.25, 0.3) is 21.9 Å². The molecule has 0 radical (unpaired) electrons. The fraction of sp³-hybridized carbons (Fsp3) is 0.469. The Morgan fingerprint density at radius 3 is 2.54 bits per heavy atom. The predicted octanol–water partition coefficient (Wildman–Crippen LogP) is 6.72. The fourth-order valence-electron chi connectivity index (χ4n) is 6.89. The lowest BCUT2D eigenvalue weighted by atomic mass is 9.94. The monoisotopic (exact) mass is 525 g/mol. The molecule has 0 saturated carbocycles. The average Bonchev–Trinajstić information content (AvgIpc) is 3.35. The van der Waals surface area contributed by atoms with Crippen molar-refractivity contribution in [3.8, 4) is 0 Å². The molecule has 4 heterocycles. The molecule has 4 aromatic rings. The Bertz CT molecular complexity index is 1470. The first-order chi connectivity index (χ1) is 18.8. The third-order valence-electron chi connectivity index (χ3n) is 8.42. The van der Waals surface area contributed by atoms with Gasteiger partial charge in [0.2, 0.25) is 0 Å². The van der Waals surface area contributed by atoms with Gasteiger partial charge in [0.25, 0.3) is 0 Å². The van der Waals surface area contributed by atoms with Crippen LogP contribution in [0, 0.1) is 6.92 Å². The van der Waals surface area contributed by atoms with Crippen LogP contribution in [0.1, 0.15) is 76.3 Å². The summed E-state index contributed by atoms with van der Waals surface area (Å²) in [7, 11) is 0. The fourth-order valence-corrected chi connectivity index (χ4v) is 6.89. The number of nitrogens with one attached hydrogen (secondary N) is 1. The van der Waals surface area contributed by atoms with Crippen molar-refractivity contribution in [2.75, 3.05) is 6.54 Å². The van der Waals surface area contributed by atoms with Crippen LogP contribution in [0.5, 0.6) is 0 Å². The van der Waals surface area contributed by atoms with Gasteiger partial charge in [-0.3, -0.25) is 4.90 Å². The zero-order valence-electron chi connectivity index (χ0n) is 23.4. The van der Waals surface area contributed by atoms with Crippen LogP contribution in [0.4, 0.5) is 4.79 Å². The highest BCUT2D eigenvalue weighted by Gasteiger charge is 2.42. The Morgan fingerprint density at radius 2 is 1.77 bits per heavy atom. The standard InChI is InChI=1S/C32H39N5O2/c1-21-34-29-13-8-17-33-30(29)37(21)25-19-23-14-15-24(20-25)36(23)18-16-28(35-31(38)39-32(2,3)4)27-12-7-10-22-9-5-6-11-26(22)27/h5-13,17,23-25,28H,14-16,18-20H2,1-4H3,(H,35,38)/t23-,24+,25?,28-/m0/s1. The summed E-state index contributed by atoms with van der Waals surface area (Å²) < 4.78 is 8.05. The van der Waals surface area contributed by atoms with Gasteiger partial charge in [-0.1, -0.05) is 42.5 Å². The van der Waals surface area contributed by atoms with Crippen molar-refractivity contribution in [3.63, 3.8) is 0 Å². The van der Waals surface area contributed by atoms with Gasteiger partial charge in [-0.25, -0.2) is 14.8 Å². The molecule has 2 aliphatic heterocycles. The summed E-state index contributed by atoms with van der Waals surface area (Å²) in [6.07, 6.45) is 7.00. The highest BCUT2D eigenvalue weighted by Crippen LogP contribution is 2.42. The first kappa shape index (κ1) is 25.8. The molecule has 7 nitrogen and oxygen atoms in total. The number of benzene rings is 2. The normalized spacial score (nSPS) is 22.3. The molecule has 2 aliphatic rings. The molecule has 0 aliphatic carbocycles. The van der Waals surface area contributed by atoms with E-state index in [1.807, 2.05) is 33.0 Å². The van der Waals surface area contributed by atoms with Crippen LogP contribution < -0.4 is 5.32 Å². The largest absolute Gasteiger partial charge is 0.444 e. The summed E-state index contributed by atoms with van der Waals surface area (Å²) in [5.74, 6) is 1.05. The Hall–Kier alpha value is -3.45. The third-order valence-corrected chi connectivity index (χ3v) is 8.42. The lowest BCUT2D eigenvalue weighted by Gasteiger charge is -2.40. The molecular formula is C32H39N5O2. The van der Waals surface area contributed by atoms with Crippen molar-refractivity contribution >= 4 is 28.0 Å². The molecule has 2 bridgehead atoms. The molecule has 1 amide bonds. The minimum Gasteiger partial charge on any atom is -0.444 e. The number of fused-ring (bicyclic) bond motifs is 4. The number of carbonyl (C=O) groups is 1. The zero-order chi connectivity index (χ0) is 27.1. The van der Waals surface area contributed by atoms with Gasteiger partial charge >= 0.3 is 6.09 Å². The van der Waals surface area contributed by atoms with Crippen LogP contribution >= 0.6 is 0 Å². The second kappa shape index (κ2) is 10.3. The van der Waals surface area contributed by atoms with Crippen molar-refractivity contribution in [1.29, 1.82) is 0 Å². The van der Waals surface area contributed by atoms with Crippen molar-refractivity contribution in [2.24, 2.45) is 0 Å². The van der Waals surface area contributed by atoms with Gasteiger partial charge in [-0.05, 0) is 88.3 Å². The Morgan fingerprint density at radius 1 is 1.03 bits per heavy atom. The van der Waals surface area contributed by atoms with Gasteiger partial charge in [0.15, 0.2) is 5.65 Å². The molecule has 2 saturated heterocycles. The highest BCUT2D eigenvalue weighted by molar-refractivity contribution is 5.86. The molecule has 39 heavy (non-hydrogen) atoms. The SMILES string of the molecule is Cc1nc2cccnc2n1C1C[C@H]2CC[C@@H](C1)N2CC[C@H](NC(=O)OC(C)(C)C)c1cccc2ccccc12. The second-order valence-corrected chi connectivity index (χ2v) is 12.2. The predicted molar refractivity (Wildman–Crippen MR) is 155 cm³/mol. The van der Waals surface area contributed by atoms with Crippen molar-refractivity contribution in [2.45, 2.75) is 89.6 Å². The van der Waals surface area contributed by atoms with Crippen molar-refractivity contribution < 1.29 is 9.53 Å². The van der Waals surface area contributed by atoms with Gasteiger partial charge in [0.05, 0.1) is 6.04 Å². The number of imidazole rings is 1. The summed E-state index contributed by atoms with van der Waals surface area (Å²) in [5.41, 5.74) is 2.59. The number of aromatic nitrogens is 3. The molecule has 2 aromatic heterocycles. The number of carbonyl (C=O) groups excluding carboxylic acids is 1. The lowest BCUT2D eigenvalue weighted by molar-refractivity contribution is 0.0489. The van der Waals surface area contributed by atoms with Crippen molar-refractivity contribution in [3.05, 3.63) is 72.2 Å². The molecular weight excluding hydrogens is 486 g/mol. The molecule has 204 valence electrons. The Kier molecular flexibility index (Phi) is 6.79. The van der Waals surface area contributed by atoms with E-state index >= 15 is 0 Å². The summed E-state index contributed by atoms with van der Waals surface area (Å²) in [6, 6.07) is 20.1. The van der Waals surface area contributed by atoms with E-state index in [1.165, 1.54) is 23.6 Å². The average molecular weight is 526 g/mol. The Labute approximate surface area is 230 Å². The second-order valence-electron chi connectivity index (χ2n) is 12.2.